The molecule has 0 atom stereocenters. The van der Waals surface area contributed by atoms with Gasteiger partial charge in [-0.1, -0.05) is 6.07 Å². The fourth-order valence-electron chi connectivity index (χ4n) is 2.09. The highest BCUT2D eigenvalue weighted by Crippen LogP contribution is 2.30. The predicted molar refractivity (Wildman–Crippen MR) is 97.6 cm³/mol. The van der Waals surface area contributed by atoms with Crippen molar-refractivity contribution in [1.82, 2.24) is 0 Å². The highest BCUT2D eigenvalue weighted by molar-refractivity contribution is 7.12. The molecule has 1 aromatic carbocycles. The monoisotopic (exact) mass is 397 g/mol. The number of ether oxygens (including phenoxy) is 3. The van der Waals surface area contributed by atoms with E-state index in [1.165, 1.54) is 37.5 Å². The Morgan fingerprint density at radius 2 is 2.04 bits per heavy atom. The zero-order valence-electron chi connectivity index (χ0n) is 14.5. The topological polar surface area (TPSA) is 73.9 Å². The van der Waals surface area contributed by atoms with Gasteiger partial charge in [0.2, 0.25) is 5.91 Å². The SMILES string of the molecule is CCOc1cc(/C=C/C(=O)Nc2ccsc2C(=O)OC)ccc1OC(F)F. The van der Waals surface area contributed by atoms with Crippen LogP contribution in [0.25, 0.3) is 6.08 Å². The highest BCUT2D eigenvalue weighted by Gasteiger charge is 2.15. The fourth-order valence-corrected chi connectivity index (χ4v) is 2.86. The van der Waals surface area contributed by atoms with E-state index in [-0.39, 0.29) is 23.0 Å². The summed E-state index contributed by atoms with van der Waals surface area (Å²) >= 11 is 1.15. The Bertz CT molecular complexity index is 835. The predicted octanol–water partition coefficient (Wildman–Crippen LogP) is 4.19. The number of carbonyl (C=O) groups excluding carboxylic acids is 2. The Hall–Kier alpha value is -2.94. The summed E-state index contributed by atoms with van der Waals surface area (Å²) in [6, 6.07) is 5.92. The Balaban J connectivity index is 2.10. The van der Waals surface area contributed by atoms with Gasteiger partial charge in [-0.3, -0.25) is 4.79 Å². The van der Waals surface area contributed by atoms with Crippen LogP contribution in [0.3, 0.4) is 0 Å². The van der Waals surface area contributed by atoms with Crippen LogP contribution in [0.4, 0.5) is 14.5 Å². The third-order valence-corrected chi connectivity index (χ3v) is 4.10. The molecule has 2 aromatic rings. The molecule has 1 amide bonds. The number of hydrogen-bond donors (Lipinski definition) is 1. The van der Waals surface area contributed by atoms with E-state index < -0.39 is 18.5 Å². The van der Waals surface area contributed by atoms with Crippen LogP contribution in [0.5, 0.6) is 11.5 Å². The number of esters is 1. The maximum absolute atomic E-state index is 12.4. The van der Waals surface area contributed by atoms with Crippen LogP contribution in [0.2, 0.25) is 0 Å². The minimum atomic E-state index is -2.97. The van der Waals surface area contributed by atoms with E-state index in [4.69, 9.17) is 4.74 Å². The zero-order chi connectivity index (χ0) is 19.8. The van der Waals surface area contributed by atoms with Crippen molar-refractivity contribution in [3.05, 3.63) is 46.2 Å². The molecule has 0 fully saturated rings. The maximum Gasteiger partial charge on any atom is 0.387 e. The van der Waals surface area contributed by atoms with Gasteiger partial charge < -0.3 is 19.5 Å². The third-order valence-electron chi connectivity index (χ3n) is 3.20. The molecule has 0 aliphatic carbocycles. The number of benzene rings is 1. The molecule has 0 aliphatic rings. The first kappa shape index (κ1) is 20.4. The number of anilines is 1. The van der Waals surface area contributed by atoms with Crippen LogP contribution in [0, 0.1) is 0 Å². The highest BCUT2D eigenvalue weighted by atomic mass is 32.1. The minimum absolute atomic E-state index is 0.0885. The average Bonchev–Trinajstić information content (AvgIpc) is 3.09. The number of thiophene rings is 1. The van der Waals surface area contributed by atoms with Crippen LogP contribution in [0.1, 0.15) is 22.2 Å². The van der Waals surface area contributed by atoms with Crippen molar-refractivity contribution >= 4 is 35.0 Å². The first-order valence-electron chi connectivity index (χ1n) is 7.81. The lowest BCUT2D eigenvalue weighted by Gasteiger charge is -2.11. The van der Waals surface area contributed by atoms with Gasteiger partial charge in [0.25, 0.3) is 0 Å². The van der Waals surface area contributed by atoms with Crippen LogP contribution in [-0.4, -0.2) is 32.2 Å². The molecule has 0 radical (unpaired) electrons. The molecule has 0 bridgehead atoms. The summed E-state index contributed by atoms with van der Waals surface area (Å²) in [5, 5.41) is 4.24. The lowest BCUT2D eigenvalue weighted by Crippen LogP contribution is -2.10. The summed E-state index contributed by atoms with van der Waals surface area (Å²) in [5.74, 6) is -0.953. The van der Waals surface area contributed by atoms with Crippen molar-refractivity contribution < 1.29 is 32.6 Å². The van der Waals surface area contributed by atoms with Gasteiger partial charge in [0.15, 0.2) is 11.5 Å². The van der Waals surface area contributed by atoms with Crippen molar-refractivity contribution in [3.8, 4) is 11.5 Å². The molecule has 0 saturated heterocycles. The Kier molecular flexibility index (Phi) is 7.30. The second kappa shape index (κ2) is 9.67. The van der Waals surface area contributed by atoms with E-state index in [1.54, 1.807) is 18.4 Å². The summed E-state index contributed by atoms with van der Waals surface area (Å²) in [6.07, 6.45) is 2.73. The maximum atomic E-state index is 12.4. The number of alkyl halides is 2. The van der Waals surface area contributed by atoms with E-state index >= 15 is 0 Å². The summed E-state index contributed by atoms with van der Waals surface area (Å²) in [4.78, 5) is 24.0. The molecule has 0 saturated carbocycles. The molecule has 0 unspecified atom stereocenters. The lowest BCUT2D eigenvalue weighted by atomic mass is 10.2. The molecular formula is C18H17F2NO5S. The molecule has 27 heavy (non-hydrogen) atoms. The van der Waals surface area contributed by atoms with Crippen molar-refractivity contribution in [3.63, 3.8) is 0 Å². The van der Waals surface area contributed by atoms with Crippen LogP contribution >= 0.6 is 11.3 Å². The van der Waals surface area contributed by atoms with E-state index in [0.29, 0.717) is 11.3 Å². The number of halogens is 2. The molecular weight excluding hydrogens is 380 g/mol. The normalized spacial score (nSPS) is 10.9. The molecule has 1 N–H and O–H groups in total. The summed E-state index contributed by atoms with van der Waals surface area (Å²) in [6.45, 7) is -0.991. The van der Waals surface area contributed by atoms with Gasteiger partial charge in [-0.05, 0) is 42.1 Å². The summed E-state index contributed by atoms with van der Waals surface area (Å²) < 4.78 is 39.1. The van der Waals surface area contributed by atoms with Gasteiger partial charge in [-0.15, -0.1) is 11.3 Å². The van der Waals surface area contributed by atoms with Crippen molar-refractivity contribution in [2.45, 2.75) is 13.5 Å². The summed E-state index contributed by atoms with van der Waals surface area (Å²) in [7, 11) is 1.25. The molecule has 0 aliphatic heterocycles. The number of rotatable bonds is 8. The molecule has 1 aromatic heterocycles. The van der Waals surface area contributed by atoms with Gasteiger partial charge in [0.05, 0.1) is 19.4 Å². The molecule has 2 rings (SSSR count). The average molecular weight is 397 g/mol. The molecule has 9 heteroatoms. The van der Waals surface area contributed by atoms with E-state index in [0.717, 1.165) is 11.3 Å². The van der Waals surface area contributed by atoms with Crippen molar-refractivity contribution in [2.75, 3.05) is 19.0 Å². The first-order valence-corrected chi connectivity index (χ1v) is 8.69. The molecule has 1 heterocycles. The Morgan fingerprint density at radius 1 is 1.26 bits per heavy atom. The second-order valence-corrected chi connectivity index (χ2v) is 5.91. The number of hydrogen-bond acceptors (Lipinski definition) is 6. The van der Waals surface area contributed by atoms with E-state index in [1.807, 2.05) is 0 Å². The van der Waals surface area contributed by atoms with Crippen LogP contribution in [0.15, 0.2) is 35.7 Å². The Morgan fingerprint density at radius 3 is 2.70 bits per heavy atom. The fraction of sp³-hybridized carbons (Fsp3) is 0.222. The molecule has 6 nitrogen and oxygen atoms in total. The van der Waals surface area contributed by atoms with Gasteiger partial charge in [0, 0.05) is 6.08 Å². The number of methoxy groups -OCH3 is 1. The van der Waals surface area contributed by atoms with Gasteiger partial charge in [-0.25, -0.2) is 4.79 Å². The van der Waals surface area contributed by atoms with Crippen LogP contribution in [-0.2, 0) is 9.53 Å². The smallest absolute Gasteiger partial charge is 0.387 e. The quantitative estimate of drug-likeness (QED) is 0.534. The van der Waals surface area contributed by atoms with Gasteiger partial charge >= 0.3 is 12.6 Å². The number of nitrogens with one attached hydrogen (secondary N) is 1. The van der Waals surface area contributed by atoms with Gasteiger partial charge in [0.1, 0.15) is 4.88 Å². The molecule has 0 spiro atoms. The standard InChI is InChI=1S/C18H17F2NO5S/c1-3-25-14-10-11(4-6-13(14)26-18(19)20)5-7-15(22)21-12-8-9-27-16(12)17(23)24-2/h4-10,18H,3H2,1-2H3,(H,21,22)/b7-5+. The van der Waals surface area contributed by atoms with Gasteiger partial charge in [-0.2, -0.15) is 8.78 Å². The van der Waals surface area contributed by atoms with Crippen LogP contribution < -0.4 is 14.8 Å². The van der Waals surface area contributed by atoms with Crippen molar-refractivity contribution in [2.24, 2.45) is 0 Å². The largest absolute Gasteiger partial charge is 0.490 e. The third kappa shape index (κ3) is 5.78. The number of carbonyl (C=O) groups is 2. The van der Waals surface area contributed by atoms with E-state index in [2.05, 4.69) is 14.8 Å². The molecule has 144 valence electrons. The van der Waals surface area contributed by atoms with E-state index in [9.17, 15) is 18.4 Å². The zero-order valence-corrected chi connectivity index (χ0v) is 15.3. The Labute approximate surface area is 158 Å². The second-order valence-electron chi connectivity index (χ2n) is 5.00. The first-order chi connectivity index (χ1) is 12.9. The lowest BCUT2D eigenvalue weighted by molar-refractivity contribution is -0.111. The summed E-state index contributed by atoms with van der Waals surface area (Å²) in [5.41, 5.74) is 0.894. The number of amides is 1. The van der Waals surface area contributed by atoms with Crippen molar-refractivity contribution in [1.29, 1.82) is 0 Å². The minimum Gasteiger partial charge on any atom is -0.490 e.